The van der Waals surface area contributed by atoms with E-state index < -0.39 is 5.97 Å². The van der Waals surface area contributed by atoms with Crippen molar-refractivity contribution >= 4 is 22.8 Å². The summed E-state index contributed by atoms with van der Waals surface area (Å²) in [5, 5.41) is 9.73. The highest BCUT2D eigenvalue weighted by Gasteiger charge is 2.09. The van der Waals surface area contributed by atoms with Gasteiger partial charge in [0.1, 0.15) is 6.54 Å². The van der Waals surface area contributed by atoms with Crippen LogP contribution in [0.5, 0.6) is 0 Å². The number of hydrogen-bond acceptors (Lipinski definition) is 3. The van der Waals surface area contributed by atoms with Gasteiger partial charge in [-0.1, -0.05) is 13.3 Å². The topological polar surface area (TPSA) is 68.5 Å². The molecule has 1 aromatic heterocycles. The normalized spacial score (nSPS) is 10.7. The smallest absolute Gasteiger partial charge is 0.335 e. The third-order valence-corrected chi connectivity index (χ3v) is 3.08. The second-order valence-electron chi connectivity index (χ2n) is 4.60. The number of carbonyl (C=O) groups is 2. The quantitative estimate of drug-likeness (QED) is 0.650. The number of carbonyl (C=O) groups excluding carboxylic acids is 1. The highest BCUT2D eigenvalue weighted by molar-refractivity contribution is 5.93. The Hall–Kier alpha value is -2.30. The van der Waals surface area contributed by atoms with E-state index in [0.29, 0.717) is 6.61 Å². The predicted molar refractivity (Wildman–Crippen MR) is 74.8 cm³/mol. The molecule has 0 saturated carbocycles. The van der Waals surface area contributed by atoms with Gasteiger partial charge in [0.2, 0.25) is 0 Å². The summed E-state index contributed by atoms with van der Waals surface area (Å²) >= 11 is 0. The fraction of sp³-hybridized carbons (Fsp3) is 0.333. The molecular formula is C15H17NO4. The van der Waals surface area contributed by atoms with Crippen molar-refractivity contribution in [2.24, 2.45) is 0 Å². The van der Waals surface area contributed by atoms with Crippen molar-refractivity contribution in [3.05, 3.63) is 36.0 Å². The van der Waals surface area contributed by atoms with Gasteiger partial charge >= 0.3 is 11.9 Å². The lowest BCUT2D eigenvalue weighted by Crippen LogP contribution is -2.13. The number of carboxylic acid groups (broad SMARTS) is 1. The summed E-state index contributed by atoms with van der Waals surface area (Å²) in [5.74, 6) is -1.24. The molecule has 5 heteroatoms. The van der Waals surface area contributed by atoms with E-state index in [1.165, 1.54) is 6.07 Å². The van der Waals surface area contributed by atoms with Gasteiger partial charge in [0, 0.05) is 17.1 Å². The first kappa shape index (κ1) is 14.1. The monoisotopic (exact) mass is 275 g/mol. The van der Waals surface area contributed by atoms with E-state index in [-0.39, 0.29) is 18.1 Å². The average molecular weight is 275 g/mol. The van der Waals surface area contributed by atoms with Crippen LogP contribution in [0.25, 0.3) is 10.9 Å². The van der Waals surface area contributed by atoms with Gasteiger partial charge in [-0.2, -0.15) is 0 Å². The minimum absolute atomic E-state index is 0.139. The number of aromatic carboxylic acids is 1. The molecule has 1 aromatic carbocycles. The van der Waals surface area contributed by atoms with Gasteiger partial charge in [-0.25, -0.2) is 4.79 Å². The molecule has 0 aliphatic carbocycles. The number of aromatic nitrogens is 1. The van der Waals surface area contributed by atoms with Gasteiger partial charge in [-0.3, -0.25) is 4.79 Å². The van der Waals surface area contributed by atoms with Gasteiger partial charge in [-0.05, 0) is 30.7 Å². The van der Waals surface area contributed by atoms with Crippen molar-refractivity contribution < 1.29 is 19.4 Å². The van der Waals surface area contributed by atoms with Crippen LogP contribution in [0, 0.1) is 0 Å². The van der Waals surface area contributed by atoms with E-state index >= 15 is 0 Å². The highest BCUT2D eigenvalue weighted by atomic mass is 16.5. The van der Waals surface area contributed by atoms with Crippen LogP contribution in [0.2, 0.25) is 0 Å². The molecule has 1 N–H and O–H groups in total. The second-order valence-corrected chi connectivity index (χ2v) is 4.60. The van der Waals surface area contributed by atoms with E-state index in [4.69, 9.17) is 9.84 Å². The molecule has 0 radical (unpaired) electrons. The molecule has 0 spiro atoms. The Bertz CT molecular complexity index is 630. The Labute approximate surface area is 116 Å². The zero-order valence-electron chi connectivity index (χ0n) is 11.3. The molecule has 0 fully saturated rings. The van der Waals surface area contributed by atoms with Crippen LogP contribution < -0.4 is 0 Å². The number of fused-ring (bicyclic) bond motifs is 1. The van der Waals surface area contributed by atoms with Crippen molar-refractivity contribution in [1.29, 1.82) is 0 Å². The summed E-state index contributed by atoms with van der Waals surface area (Å²) in [6, 6.07) is 6.62. The lowest BCUT2D eigenvalue weighted by atomic mass is 10.1. The van der Waals surface area contributed by atoms with E-state index in [2.05, 4.69) is 0 Å². The lowest BCUT2D eigenvalue weighted by molar-refractivity contribution is -0.144. The van der Waals surface area contributed by atoms with Gasteiger partial charge in [0.25, 0.3) is 0 Å². The molecule has 0 saturated heterocycles. The highest BCUT2D eigenvalue weighted by Crippen LogP contribution is 2.18. The minimum atomic E-state index is -0.960. The summed E-state index contributed by atoms with van der Waals surface area (Å²) in [5.41, 5.74) is 1.06. The van der Waals surface area contributed by atoms with Crippen molar-refractivity contribution in [2.45, 2.75) is 26.3 Å². The largest absolute Gasteiger partial charge is 0.478 e. The van der Waals surface area contributed by atoms with Gasteiger partial charge in [0.15, 0.2) is 0 Å². The van der Waals surface area contributed by atoms with Crippen LogP contribution in [0.3, 0.4) is 0 Å². The van der Waals surface area contributed by atoms with Crippen molar-refractivity contribution in [3.63, 3.8) is 0 Å². The molecule has 0 amide bonds. The van der Waals surface area contributed by atoms with Gasteiger partial charge in [-0.15, -0.1) is 0 Å². The number of rotatable bonds is 6. The number of hydrogen-bond donors (Lipinski definition) is 1. The lowest BCUT2D eigenvalue weighted by Gasteiger charge is -2.06. The second kappa shape index (κ2) is 6.23. The molecule has 20 heavy (non-hydrogen) atoms. The van der Waals surface area contributed by atoms with Gasteiger partial charge in [0.05, 0.1) is 12.2 Å². The fourth-order valence-electron chi connectivity index (χ4n) is 1.99. The first-order valence-electron chi connectivity index (χ1n) is 6.59. The molecular weight excluding hydrogens is 258 g/mol. The van der Waals surface area contributed by atoms with Crippen molar-refractivity contribution in [3.8, 4) is 0 Å². The summed E-state index contributed by atoms with van der Waals surface area (Å²) in [6.07, 6.45) is 3.61. The molecule has 2 rings (SSSR count). The Morgan fingerprint density at radius 2 is 2.10 bits per heavy atom. The van der Waals surface area contributed by atoms with Crippen LogP contribution >= 0.6 is 0 Å². The van der Waals surface area contributed by atoms with E-state index in [9.17, 15) is 9.59 Å². The third kappa shape index (κ3) is 3.17. The molecule has 1 heterocycles. The average Bonchev–Trinajstić information content (AvgIpc) is 2.81. The zero-order chi connectivity index (χ0) is 14.5. The summed E-state index contributed by atoms with van der Waals surface area (Å²) in [7, 11) is 0. The van der Waals surface area contributed by atoms with Crippen LogP contribution in [0.4, 0.5) is 0 Å². The molecule has 5 nitrogen and oxygen atoms in total. The molecule has 0 aliphatic heterocycles. The Kier molecular flexibility index (Phi) is 4.40. The number of carboxylic acids is 1. The van der Waals surface area contributed by atoms with Gasteiger partial charge < -0.3 is 14.4 Å². The van der Waals surface area contributed by atoms with Crippen LogP contribution in [-0.4, -0.2) is 28.2 Å². The Morgan fingerprint density at radius 3 is 2.80 bits per heavy atom. The Morgan fingerprint density at radius 1 is 1.30 bits per heavy atom. The summed E-state index contributed by atoms with van der Waals surface area (Å²) < 4.78 is 6.87. The van der Waals surface area contributed by atoms with E-state index in [1.54, 1.807) is 29.0 Å². The fourth-order valence-corrected chi connectivity index (χ4v) is 1.99. The van der Waals surface area contributed by atoms with E-state index in [0.717, 1.165) is 23.7 Å². The van der Waals surface area contributed by atoms with Crippen LogP contribution in [0.15, 0.2) is 30.5 Å². The van der Waals surface area contributed by atoms with Crippen molar-refractivity contribution in [1.82, 2.24) is 4.57 Å². The molecule has 106 valence electrons. The summed E-state index contributed by atoms with van der Waals surface area (Å²) in [4.78, 5) is 22.6. The SMILES string of the molecule is CCCCOC(=O)Cn1ccc2cc(C(=O)O)ccc21. The summed E-state index contributed by atoms with van der Waals surface area (Å²) in [6.45, 7) is 2.62. The number of benzene rings is 1. The number of unbranched alkanes of at least 4 members (excludes halogenated alkanes) is 1. The minimum Gasteiger partial charge on any atom is -0.478 e. The first-order valence-corrected chi connectivity index (χ1v) is 6.59. The van der Waals surface area contributed by atoms with Crippen LogP contribution in [0.1, 0.15) is 30.1 Å². The maximum absolute atomic E-state index is 11.7. The standard InChI is InChI=1S/C15H17NO4/c1-2-3-8-20-14(17)10-16-7-6-11-9-12(15(18)19)4-5-13(11)16/h4-7,9H,2-3,8,10H2,1H3,(H,18,19). The molecule has 2 aromatic rings. The number of esters is 1. The number of nitrogens with zero attached hydrogens (tertiary/aromatic N) is 1. The van der Waals surface area contributed by atoms with E-state index in [1.807, 2.05) is 6.92 Å². The van der Waals surface area contributed by atoms with Crippen molar-refractivity contribution in [2.75, 3.05) is 6.61 Å². The maximum atomic E-state index is 11.7. The zero-order valence-corrected chi connectivity index (χ0v) is 11.3. The number of ether oxygens (including phenoxy) is 1. The molecule has 0 aliphatic rings. The maximum Gasteiger partial charge on any atom is 0.335 e. The third-order valence-electron chi connectivity index (χ3n) is 3.08. The van der Waals surface area contributed by atoms with Crippen LogP contribution in [-0.2, 0) is 16.1 Å². The Balaban J connectivity index is 2.11. The molecule has 0 bridgehead atoms. The predicted octanol–water partition coefficient (Wildman–Crippen LogP) is 2.68. The molecule has 0 unspecified atom stereocenters. The molecule has 0 atom stereocenters. The first-order chi connectivity index (χ1) is 9.61.